The van der Waals surface area contributed by atoms with E-state index in [1.54, 1.807) is 7.11 Å². The first-order valence-corrected chi connectivity index (χ1v) is 9.04. The number of benzene rings is 1. The smallest absolute Gasteiger partial charge is 0.311 e. The molecule has 0 radical (unpaired) electrons. The number of hydrogen-bond donors (Lipinski definition) is 0. The summed E-state index contributed by atoms with van der Waals surface area (Å²) in [5.41, 5.74) is 0.770. The summed E-state index contributed by atoms with van der Waals surface area (Å²) >= 11 is 0. The van der Waals surface area contributed by atoms with Crippen molar-refractivity contribution in [2.24, 2.45) is 4.36 Å². The van der Waals surface area contributed by atoms with Crippen LogP contribution in [0.2, 0.25) is 0 Å². The average Bonchev–Trinajstić information content (AvgIpc) is 3.20. The molecule has 3 atom stereocenters. The maximum absolute atomic E-state index is 11.1. The fraction of sp³-hybridized carbons (Fsp3) is 0.647. The van der Waals surface area contributed by atoms with Gasteiger partial charge in [-0.2, -0.15) is 12.8 Å². The van der Waals surface area contributed by atoms with Crippen LogP contribution in [0.25, 0.3) is 0 Å². The van der Waals surface area contributed by atoms with Crippen LogP contribution in [0.5, 0.6) is 0 Å². The molecule has 0 aromatic heterocycles. The van der Waals surface area contributed by atoms with Gasteiger partial charge in [-0.25, -0.2) is 0 Å². The molecule has 0 N–H and O–H groups in total. The van der Waals surface area contributed by atoms with Crippen molar-refractivity contribution in [3.05, 3.63) is 35.9 Å². The Bertz CT molecular complexity index is 592. The summed E-state index contributed by atoms with van der Waals surface area (Å²) in [4.78, 5) is 0. The monoisotopic (exact) mass is 323 g/mol. The predicted octanol–water partition coefficient (Wildman–Crippen LogP) is 3.96. The second-order valence-electron chi connectivity index (χ2n) is 6.12. The number of methoxy groups -OCH3 is 1. The lowest BCUT2D eigenvalue weighted by Gasteiger charge is -2.16. The van der Waals surface area contributed by atoms with Crippen LogP contribution in [0, 0.1) is 0 Å². The lowest BCUT2D eigenvalue weighted by atomic mass is 9.99. The van der Waals surface area contributed by atoms with Crippen molar-refractivity contribution in [3.8, 4) is 0 Å². The molecule has 1 aliphatic carbocycles. The minimum absolute atomic E-state index is 0.235. The molecule has 0 aliphatic heterocycles. The molecule has 0 spiro atoms. The number of ether oxygens (including phenoxy) is 1. The Morgan fingerprint density at radius 2 is 2.05 bits per heavy atom. The highest BCUT2D eigenvalue weighted by atomic mass is 32.2. The van der Waals surface area contributed by atoms with Crippen LogP contribution in [-0.2, 0) is 15.2 Å². The fourth-order valence-corrected chi connectivity index (χ4v) is 3.91. The average molecular weight is 323 g/mol. The van der Waals surface area contributed by atoms with Gasteiger partial charge in [0.25, 0.3) is 0 Å². The Kier molecular flexibility index (Phi) is 6.15. The first kappa shape index (κ1) is 17.2. The van der Waals surface area contributed by atoms with E-state index < -0.39 is 16.0 Å². The zero-order valence-electron chi connectivity index (χ0n) is 13.4. The molecule has 5 heteroatoms. The molecule has 22 heavy (non-hydrogen) atoms. The number of nitrogens with zero attached hydrogens (tertiary/aromatic N) is 1. The van der Waals surface area contributed by atoms with E-state index in [-0.39, 0.29) is 12.0 Å². The molecule has 4 nitrogen and oxygen atoms in total. The van der Waals surface area contributed by atoms with Gasteiger partial charge in [0.1, 0.15) is 0 Å². The van der Waals surface area contributed by atoms with E-state index in [0.717, 1.165) is 38.5 Å². The van der Waals surface area contributed by atoms with Crippen LogP contribution in [0.1, 0.15) is 56.9 Å². The maximum Gasteiger partial charge on any atom is 0.311 e. The Morgan fingerprint density at radius 3 is 2.64 bits per heavy atom. The highest BCUT2D eigenvalue weighted by Crippen LogP contribution is 2.57. The molecule has 0 amide bonds. The minimum Gasteiger partial charge on any atom is -0.381 e. The molecule has 1 aromatic carbocycles. The van der Waals surface area contributed by atoms with Gasteiger partial charge in [0.05, 0.1) is 11.6 Å². The van der Waals surface area contributed by atoms with Crippen molar-refractivity contribution in [2.75, 3.05) is 7.11 Å². The molecule has 3 unspecified atom stereocenters. The topological polar surface area (TPSA) is 55.7 Å². The molecule has 1 aromatic rings. The Morgan fingerprint density at radius 1 is 1.32 bits per heavy atom. The summed E-state index contributed by atoms with van der Waals surface area (Å²) in [5, 5.41) is 0. The largest absolute Gasteiger partial charge is 0.381 e. The van der Waals surface area contributed by atoms with Crippen LogP contribution in [0.4, 0.5) is 0 Å². The molecule has 0 saturated heterocycles. The third-order valence-corrected chi connectivity index (χ3v) is 5.10. The van der Waals surface area contributed by atoms with E-state index in [1.165, 1.54) is 5.56 Å². The van der Waals surface area contributed by atoms with E-state index in [4.69, 9.17) is 4.74 Å². The maximum atomic E-state index is 11.1. The van der Waals surface area contributed by atoms with Crippen LogP contribution in [-0.4, -0.2) is 27.2 Å². The molecule has 122 valence electrons. The third kappa shape index (κ3) is 4.40. The fourth-order valence-electron chi connectivity index (χ4n) is 3.32. The van der Waals surface area contributed by atoms with Gasteiger partial charge in [0.2, 0.25) is 0 Å². The molecule has 1 saturated carbocycles. The standard InChI is InChI=1S/C17H25NO3S/c1-3-8-15(21-2)11-7-12-17(18-22(19)20)13-16(17)14-9-5-4-6-10-14/h4-6,9-10,15-16H,3,7-8,11-13H2,1-2H3. The normalized spacial score (nSPS) is 24.7. The van der Waals surface area contributed by atoms with E-state index in [9.17, 15) is 8.42 Å². The Hall–Kier alpha value is -1.20. The van der Waals surface area contributed by atoms with Gasteiger partial charge in [-0.05, 0) is 37.7 Å². The summed E-state index contributed by atoms with van der Waals surface area (Å²) < 4.78 is 31.7. The first-order chi connectivity index (χ1) is 10.6. The summed E-state index contributed by atoms with van der Waals surface area (Å²) in [6, 6.07) is 10.1. The molecule has 2 rings (SSSR count). The van der Waals surface area contributed by atoms with Crippen LogP contribution >= 0.6 is 0 Å². The van der Waals surface area contributed by atoms with E-state index in [1.807, 2.05) is 18.2 Å². The highest BCUT2D eigenvalue weighted by molar-refractivity contribution is 7.61. The van der Waals surface area contributed by atoms with Gasteiger partial charge < -0.3 is 4.74 Å². The van der Waals surface area contributed by atoms with Gasteiger partial charge in [0, 0.05) is 13.0 Å². The van der Waals surface area contributed by atoms with E-state index >= 15 is 0 Å². The molecular weight excluding hydrogens is 298 g/mol. The molecule has 1 aliphatic rings. The summed E-state index contributed by atoms with van der Waals surface area (Å²) in [6.07, 6.45) is 5.98. The lowest BCUT2D eigenvalue weighted by Crippen LogP contribution is -2.13. The van der Waals surface area contributed by atoms with Crippen molar-refractivity contribution in [2.45, 2.75) is 63.0 Å². The van der Waals surface area contributed by atoms with Crippen LogP contribution in [0.3, 0.4) is 0 Å². The summed E-state index contributed by atoms with van der Waals surface area (Å²) in [5.74, 6) is 0.235. The molecule has 1 fully saturated rings. The first-order valence-electron chi connectivity index (χ1n) is 8.01. The minimum atomic E-state index is -2.34. The number of rotatable bonds is 9. The summed E-state index contributed by atoms with van der Waals surface area (Å²) in [6.45, 7) is 2.15. The highest BCUT2D eigenvalue weighted by Gasteiger charge is 2.55. The lowest BCUT2D eigenvalue weighted by molar-refractivity contribution is 0.0845. The van der Waals surface area contributed by atoms with Crippen LogP contribution in [0.15, 0.2) is 34.7 Å². The molecule has 0 bridgehead atoms. The number of hydrogen-bond acceptors (Lipinski definition) is 4. The third-order valence-electron chi connectivity index (χ3n) is 4.58. The van der Waals surface area contributed by atoms with Crippen molar-refractivity contribution < 1.29 is 13.2 Å². The van der Waals surface area contributed by atoms with E-state index in [0.29, 0.717) is 0 Å². The van der Waals surface area contributed by atoms with Crippen molar-refractivity contribution in [1.29, 1.82) is 0 Å². The SMILES string of the molecule is CCCC(CCCC1(N=S(=O)=O)CC1c1ccccc1)OC. The van der Waals surface area contributed by atoms with Gasteiger partial charge in [-0.1, -0.05) is 43.7 Å². The molecule has 0 heterocycles. The summed E-state index contributed by atoms with van der Waals surface area (Å²) in [7, 11) is -0.595. The van der Waals surface area contributed by atoms with Crippen LogP contribution < -0.4 is 0 Å². The van der Waals surface area contributed by atoms with Gasteiger partial charge in [0.15, 0.2) is 0 Å². The van der Waals surface area contributed by atoms with Gasteiger partial charge in [-0.3, -0.25) is 0 Å². The Balaban J connectivity index is 1.99. The van der Waals surface area contributed by atoms with Gasteiger partial charge in [-0.15, -0.1) is 0 Å². The van der Waals surface area contributed by atoms with Gasteiger partial charge >= 0.3 is 10.5 Å². The second-order valence-corrected chi connectivity index (χ2v) is 6.73. The Labute approximate surface area is 134 Å². The van der Waals surface area contributed by atoms with Crippen molar-refractivity contribution in [3.63, 3.8) is 0 Å². The quantitative estimate of drug-likeness (QED) is 0.691. The molecular formula is C17H25NO3S. The van der Waals surface area contributed by atoms with E-state index in [2.05, 4.69) is 23.4 Å². The zero-order chi connectivity index (χ0) is 16.0. The zero-order valence-corrected chi connectivity index (χ0v) is 14.2. The predicted molar refractivity (Wildman–Crippen MR) is 87.4 cm³/mol. The van der Waals surface area contributed by atoms with Crippen molar-refractivity contribution in [1.82, 2.24) is 0 Å². The van der Waals surface area contributed by atoms with Crippen molar-refractivity contribution >= 4 is 10.5 Å². The second kappa shape index (κ2) is 7.88.